The molecular formula is C21H29N3O2. The fourth-order valence-corrected chi connectivity index (χ4v) is 5.69. The van der Waals surface area contributed by atoms with Gasteiger partial charge >= 0.3 is 0 Å². The quantitative estimate of drug-likeness (QED) is 0.902. The molecule has 1 amide bonds. The maximum atomic E-state index is 12.3. The van der Waals surface area contributed by atoms with Crippen LogP contribution in [0.5, 0.6) is 0 Å². The van der Waals surface area contributed by atoms with Crippen molar-refractivity contribution in [1.29, 1.82) is 0 Å². The summed E-state index contributed by atoms with van der Waals surface area (Å²) in [5, 5.41) is 3.25. The van der Waals surface area contributed by atoms with E-state index >= 15 is 0 Å². The van der Waals surface area contributed by atoms with Gasteiger partial charge in [0.25, 0.3) is 0 Å². The van der Waals surface area contributed by atoms with Gasteiger partial charge in [-0.1, -0.05) is 6.42 Å². The lowest BCUT2D eigenvalue weighted by molar-refractivity contribution is -0.127. The number of anilines is 1. The lowest BCUT2D eigenvalue weighted by Gasteiger charge is -2.30. The molecule has 26 heavy (non-hydrogen) atoms. The Morgan fingerprint density at radius 1 is 1.31 bits per heavy atom. The zero-order valence-corrected chi connectivity index (χ0v) is 15.8. The lowest BCUT2D eigenvalue weighted by atomic mass is 9.73. The van der Waals surface area contributed by atoms with Crippen LogP contribution >= 0.6 is 0 Å². The molecule has 0 radical (unpaired) electrons. The third-order valence-electron chi connectivity index (χ3n) is 7.20. The van der Waals surface area contributed by atoms with Crippen molar-refractivity contribution in [2.45, 2.75) is 57.7 Å². The molecule has 4 aliphatic rings. The molecule has 2 bridgehead atoms. The molecule has 1 saturated carbocycles. The molecule has 4 heterocycles. The molecule has 1 spiro atoms. The van der Waals surface area contributed by atoms with Gasteiger partial charge in [-0.25, -0.2) is 0 Å². The second kappa shape index (κ2) is 5.95. The van der Waals surface area contributed by atoms with E-state index < -0.39 is 0 Å². The summed E-state index contributed by atoms with van der Waals surface area (Å²) in [5.74, 6) is 1.52. The molecule has 0 aromatic carbocycles. The van der Waals surface area contributed by atoms with Crippen molar-refractivity contribution >= 4 is 11.6 Å². The summed E-state index contributed by atoms with van der Waals surface area (Å²) in [6.07, 6.45) is 5.98. The standard InChI is InChI=1S/C21H29N3O2/c1-13-8-16(9-14(2)23-13)24-11-18-17(10-22-20(25)15-4-3-5-15)19-6-7-21(18,12-24)26-19/h8-9,15,17-19H,3-7,10-12H2,1-2H3,(H,22,25)/t17-,18+,19+,21+/m0/s1. The Kier molecular flexibility index (Phi) is 3.78. The monoisotopic (exact) mass is 355 g/mol. The zero-order chi connectivity index (χ0) is 17.9. The molecule has 1 aromatic rings. The second-order valence-electron chi connectivity index (χ2n) is 8.89. The van der Waals surface area contributed by atoms with Crippen molar-refractivity contribution in [1.82, 2.24) is 10.3 Å². The number of hydrogen-bond acceptors (Lipinski definition) is 4. The van der Waals surface area contributed by atoms with Crippen LogP contribution in [0.15, 0.2) is 12.1 Å². The van der Waals surface area contributed by atoms with Gasteiger partial charge in [-0.2, -0.15) is 0 Å². The topological polar surface area (TPSA) is 54.5 Å². The molecule has 4 fully saturated rings. The lowest BCUT2D eigenvalue weighted by Crippen LogP contribution is -2.44. The Hall–Kier alpha value is -1.62. The number of hydrogen-bond donors (Lipinski definition) is 1. The van der Waals surface area contributed by atoms with E-state index in [1.54, 1.807) is 0 Å². The fraction of sp³-hybridized carbons (Fsp3) is 0.714. The number of aryl methyl sites for hydroxylation is 2. The van der Waals surface area contributed by atoms with Crippen LogP contribution in [-0.2, 0) is 9.53 Å². The van der Waals surface area contributed by atoms with E-state index in [9.17, 15) is 4.79 Å². The van der Waals surface area contributed by atoms with E-state index in [1.165, 1.54) is 12.1 Å². The number of carbonyl (C=O) groups excluding carboxylic acids is 1. The van der Waals surface area contributed by atoms with E-state index in [-0.39, 0.29) is 17.4 Å². The minimum absolute atomic E-state index is 0.00160. The van der Waals surface area contributed by atoms with Crippen molar-refractivity contribution in [2.75, 3.05) is 24.5 Å². The average Bonchev–Trinajstić information content (AvgIpc) is 3.18. The van der Waals surface area contributed by atoms with Crippen molar-refractivity contribution < 1.29 is 9.53 Å². The van der Waals surface area contributed by atoms with Gasteiger partial charge in [-0.05, 0) is 51.7 Å². The third-order valence-corrected chi connectivity index (χ3v) is 7.20. The normalized spacial score (nSPS) is 35.5. The summed E-state index contributed by atoms with van der Waals surface area (Å²) in [7, 11) is 0. The van der Waals surface area contributed by atoms with Crippen LogP contribution in [0.2, 0.25) is 0 Å². The Morgan fingerprint density at radius 2 is 2.08 bits per heavy atom. The maximum absolute atomic E-state index is 12.3. The number of aromatic nitrogens is 1. The van der Waals surface area contributed by atoms with Gasteiger partial charge < -0.3 is 15.0 Å². The molecular weight excluding hydrogens is 326 g/mol. The minimum atomic E-state index is 0.00160. The first-order chi connectivity index (χ1) is 12.5. The highest BCUT2D eigenvalue weighted by Gasteiger charge is 2.62. The van der Waals surface area contributed by atoms with Gasteiger partial charge in [0.2, 0.25) is 5.91 Å². The van der Waals surface area contributed by atoms with E-state index in [4.69, 9.17) is 4.74 Å². The zero-order valence-electron chi connectivity index (χ0n) is 15.8. The summed E-state index contributed by atoms with van der Waals surface area (Å²) in [6, 6.07) is 4.37. The number of rotatable bonds is 4. The highest BCUT2D eigenvalue weighted by atomic mass is 16.5. The first-order valence-corrected chi connectivity index (χ1v) is 10.2. The van der Waals surface area contributed by atoms with Crippen LogP contribution in [0.4, 0.5) is 5.69 Å². The molecule has 5 heteroatoms. The van der Waals surface area contributed by atoms with Gasteiger partial charge in [-0.15, -0.1) is 0 Å². The number of pyridine rings is 1. The van der Waals surface area contributed by atoms with Gasteiger partial charge in [0, 0.05) is 54.5 Å². The van der Waals surface area contributed by atoms with Gasteiger partial charge in [0.05, 0.1) is 11.7 Å². The maximum Gasteiger partial charge on any atom is 0.223 e. The molecule has 3 aliphatic heterocycles. The number of carbonyl (C=O) groups is 1. The van der Waals surface area contributed by atoms with Crippen LogP contribution in [-0.4, -0.2) is 42.2 Å². The van der Waals surface area contributed by atoms with E-state index in [0.717, 1.165) is 56.7 Å². The number of ether oxygens (including phenoxy) is 1. The minimum Gasteiger partial charge on any atom is -0.369 e. The Balaban J connectivity index is 1.31. The molecule has 4 atom stereocenters. The average molecular weight is 355 g/mol. The van der Waals surface area contributed by atoms with Gasteiger partial charge in [0.1, 0.15) is 0 Å². The van der Waals surface area contributed by atoms with Crippen molar-refractivity contribution in [3.63, 3.8) is 0 Å². The third kappa shape index (κ3) is 2.55. The highest BCUT2D eigenvalue weighted by Crippen LogP contribution is 2.55. The Bertz CT molecular complexity index is 712. The summed E-state index contributed by atoms with van der Waals surface area (Å²) >= 11 is 0. The van der Waals surface area contributed by atoms with E-state index in [1.807, 2.05) is 0 Å². The van der Waals surface area contributed by atoms with Crippen molar-refractivity contribution in [3.8, 4) is 0 Å². The van der Waals surface area contributed by atoms with Gasteiger partial charge in [-0.3, -0.25) is 9.78 Å². The number of fused-ring (bicyclic) bond motifs is 1. The molecule has 3 saturated heterocycles. The van der Waals surface area contributed by atoms with Crippen LogP contribution in [0.25, 0.3) is 0 Å². The van der Waals surface area contributed by atoms with E-state index in [0.29, 0.717) is 17.9 Å². The van der Waals surface area contributed by atoms with Gasteiger partial charge in [0.15, 0.2) is 0 Å². The number of amides is 1. The van der Waals surface area contributed by atoms with Crippen LogP contribution in [0, 0.1) is 31.6 Å². The van der Waals surface area contributed by atoms with Crippen molar-refractivity contribution in [2.24, 2.45) is 17.8 Å². The smallest absolute Gasteiger partial charge is 0.223 e. The van der Waals surface area contributed by atoms with E-state index in [2.05, 4.69) is 41.2 Å². The SMILES string of the molecule is Cc1cc(N2C[C@@H]3[C@H](CNC(=O)C4CCC4)[C@H]4CC[C@]3(C2)O4)cc(C)n1. The first kappa shape index (κ1) is 16.5. The number of nitrogens with one attached hydrogen (secondary N) is 1. The summed E-state index contributed by atoms with van der Waals surface area (Å²) in [5.41, 5.74) is 3.41. The Morgan fingerprint density at radius 3 is 2.77 bits per heavy atom. The number of nitrogens with zero attached hydrogens (tertiary/aromatic N) is 2. The molecule has 5 nitrogen and oxygen atoms in total. The summed E-state index contributed by atoms with van der Waals surface area (Å²) < 4.78 is 6.53. The Labute approximate surface area is 155 Å². The predicted octanol–water partition coefficient (Wildman–Crippen LogP) is 2.60. The molecule has 5 rings (SSSR count). The molecule has 1 aliphatic carbocycles. The molecule has 1 N–H and O–H groups in total. The highest BCUT2D eigenvalue weighted by molar-refractivity contribution is 5.79. The van der Waals surface area contributed by atoms with Crippen molar-refractivity contribution in [3.05, 3.63) is 23.5 Å². The summed E-state index contributed by atoms with van der Waals surface area (Å²) in [6.45, 7) is 6.92. The first-order valence-electron chi connectivity index (χ1n) is 10.2. The fourth-order valence-electron chi connectivity index (χ4n) is 5.69. The van der Waals surface area contributed by atoms with Crippen LogP contribution in [0.3, 0.4) is 0 Å². The van der Waals surface area contributed by atoms with Crippen LogP contribution in [0.1, 0.15) is 43.5 Å². The van der Waals surface area contributed by atoms with Crippen LogP contribution < -0.4 is 10.2 Å². The molecule has 140 valence electrons. The molecule has 0 unspecified atom stereocenters. The second-order valence-corrected chi connectivity index (χ2v) is 8.89. The molecule has 1 aromatic heterocycles. The largest absolute Gasteiger partial charge is 0.369 e. The predicted molar refractivity (Wildman–Crippen MR) is 100 cm³/mol. The summed E-state index contributed by atoms with van der Waals surface area (Å²) in [4.78, 5) is 19.3.